The van der Waals surface area contributed by atoms with Crippen molar-refractivity contribution < 1.29 is 18.4 Å². The summed E-state index contributed by atoms with van der Waals surface area (Å²) in [6, 6.07) is 7.10. The van der Waals surface area contributed by atoms with Crippen molar-refractivity contribution in [2.45, 2.75) is 11.9 Å². The normalized spacial score (nSPS) is 10.4. The van der Waals surface area contributed by atoms with Gasteiger partial charge in [-0.15, -0.1) is 0 Å². The van der Waals surface area contributed by atoms with Gasteiger partial charge in [-0.2, -0.15) is 0 Å². The summed E-state index contributed by atoms with van der Waals surface area (Å²) in [7, 11) is 0. The van der Waals surface area contributed by atoms with Crippen LogP contribution in [0.25, 0.3) is 0 Å². The first-order valence-electron chi connectivity index (χ1n) is 5.91. The van der Waals surface area contributed by atoms with Gasteiger partial charge < -0.3 is 4.74 Å². The van der Waals surface area contributed by atoms with E-state index in [4.69, 9.17) is 4.74 Å². The quantitative estimate of drug-likeness (QED) is 0.454. The van der Waals surface area contributed by atoms with Crippen molar-refractivity contribution in [1.29, 1.82) is 0 Å². The Bertz CT molecular complexity index is 679. The summed E-state index contributed by atoms with van der Waals surface area (Å²) < 4.78 is 31.8. The van der Waals surface area contributed by atoms with E-state index in [0.717, 1.165) is 18.2 Å². The molecular weight excluding hydrogens is 348 g/mol. The van der Waals surface area contributed by atoms with Crippen LogP contribution >= 0.6 is 15.9 Å². The van der Waals surface area contributed by atoms with E-state index in [1.807, 2.05) is 0 Å². The first-order chi connectivity index (χ1) is 10.0. The fourth-order valence-corrected chi connectivity index (χ4v) is 2.23. The van der Waals surface area contributed by atoms with Crippen LogP contribution in [0.3, 0.4) is 0 Å². The fourth-order valence-electron chi connectivity index (χ4n) is 1.80. The lowest BCUT2D eigenvalue weighted by Gasteiger charge is -2.10. The summed E-state index contributed by atoms with van der Waals surface area (Å²) in [5.41, 5.74) is 0.456. The molecule has 0 aliphatic heterocycles. The minimum Gasteiger partial charge on any atom is -0.488 e. The molecule has 21 heavy (non-hydrogen) atoms. The van der Waals surface area contributed by atoms with Gasteiger partial charge in [-0.1, -0.05) is 15.9 Å². The fraction of sp³-hybridized carbons (Fsp3) is 0.143. The molecule has 0 aliphatic rings. The van der Waals surface area contributed by atoms with Gasteiger partial charge in [0.2, 0.25) is 0 Å². The van der Waals surface area contributed by atoms with Gasteiger partial charge in [-0.05, 0) is 30.3 Å². The zero-order valence-electron chi connectivity index (χ0n) is 10.7. The first-order valence-corrected chi connectivity index (χ1v) is 7.03. The van der Waals surface area contributed by atoms with Crippen LogP contribution in [-0.4, -0.2) is 4.92 Å². The lowest BCUT2D eigenvalue weighted by atomic mass is 10.2. The van der Waals surface area contributed by atoms with Crippen LogP contribution in [0.2, 0.25) is 0 Å². The van der Waals surface area contributed by atoms with E-state index in [2.05, 4.69) is 15.9 Å². The Morgan fingerprint density at radius 2 is 1.71 bits per heavy atom. The van der Waals surface area contributed by atoms with Crippen LogP contribution in [-0.2, 0) is 11.9 Å². The molecule has 2 rings (SSSR count). The Labute approximate surface area is 127 Å². The summed E-state index contributed by atoms with van der Waals surface area (Å²) >= 11 is 3.20. The summed E-state index contributed by atoms with van der Waals surface area (Å²) in [6.45, 7) is -0.181. The Morgan fingerprint density at radius 1 is 1.10 bits per heavy atom. The second-order valence-electron chi connectivity index (χ2n) is 4.20. The van der Waals surface area contributed by atoms with Crippen LogP contribution in [0.4, 0.5) is 14.5 Å². The van der Waals surface area contributed by atoms with Gasteiger partial charge in [0.1, 0.15) is 24.0 Å². The molecule has 7 heteroatoms. The van der Waals surface area contributed by atoms with Gasteiger partial charge in [0.15, 0.2) is 0 Å². The zero-order valence-corrected chi connectivity index (χ0v) is 12.3. The molecule has 0 atom stereocenters. The summed E-state index contributed by atoms with van der Waals surface area (Å²) in [5, 5.41) is 11.2. The average molecular weight is 358 g/mol. The van der Waals surface area contributed by atoms with Crippen molar-refractivity contribution in [2.75, 3.05) is 0 Å². The summed E-state index contributed by atoms with van der Waals surface area (Å²) in [5.74, 6) is -0.612. The highest BCUT2D eigenvalue weighted by Crippen LogP contribution is 2.26. The van der Waals surface area contributed by atoms with Gasteiger partial charge in [-0.3, -0.25) is 10.1 Å². The van der Waals surface area contributed by atoms with E-state index < -0.39 is 16.6 Å². The Kier molecular flexibility index (Phi) is 4.85. The molecule has 0 amide bonds. The minimum absolute atomic E-state index is 0.116. The first kappa shape index (κ1) is 15.4. The zero-order chi connectivity index (χ0) is 15.4. The molecule has 110 valence electrons. The van der Waals surface area contributed by atoms with Crippen LogP contribution in [0.5, 0.6) is 5.75 Å². The van der Waals surface area contributed by atoms with Crippen molar-refractivity contribution in [1.82, 2.24) is 0 Å². The standard InChI is InChI=1S/C14H10BrF2NO3/c15-7-9-5-12(17)2-4-14(9)21-8-10-6-11(16)1-3-13(10)18(19)20/h1-6H,7-8H2. The van der Waals surface area contributed by atoms with E-state index >= 15 is 0 Å². The van der Waals surface area contributed by atoms with Gasteiger partial charge in [0.25, 0.3) is 5.69 Å². The van der Waals surface area contributed by atoms with Crippen molar-refractivity contribution >= 4 is 21.6 Å². The molecule has 0 heterocycles. The van der Waals surface area contributed by atoms with Crippen LogP contribution in [0.15, 0.2) is 36.4 Å². The molecule has 0 aliphatic carbocycles. The number of hydrogen-bond donors (Lipinski definition) is 0. The maximum atomic E-state index is 13.2. The van der Waals surface area contributed by atoms with Crippen LogP contribution in [0.1, 0.15) is 11.1 Å². The Hall–Kier alpha value is -2.02. The molecule has 0 unspecified atom stereocenters. The third-order valence-corrected chi connectivity index (χ3v) is 3.39. The minimum atomic E-state index is -0.603. The topological polar surface area (TPSA) is 52.4 Å². The smallest absolute Gasteiger partial charge is 0.276 e. The average Bonchev–Trinajstić information content (AvgIpc) is 2.45. The number of halogens is 3. The largest absolute Gasteiger partial charge is 0.488 e. The van der Waals surface area contributed by atoms with Crippen LogP contribution in [0, 0.1) is 21.7 Å². The van der Waals surface area contributed by atoms with Crippen molar-refractivity contribution in [3.05, 3.63) is 69.3 Å². The highest BCUT2D eigenvalue weighted by molar-refractivity contribution is 9.08. The lowest BCUT2D eigenvalue weighted by Crippen LogP contribution is -2.02. The molecule has 0 saturated heterocycles. The van der Waals surface area contributed by atoms with Gasteiger partial charge in [0, 0.05) is 17.0 Å². The second-order valence-corrected chi connectivity index (χ2v) is 4.77. The SMILES string of the molecule is O=[N+]([O-])c1ccc(F)cc1COc1ccc(F)cc1CBr. The van der Waals surface area contributed by atoms with E-state index in [0.29, 0.717) is 16.6 Å². The molecule has 0 N–H and O–H groups in total. The van der Waals surface area contributed by atoms with Crippen LogP contribution < -0.4 is 4.74 Å². The molecule has 2 aromatic rings. The number of alkyl halides is 1. The molecule has 0 aromatic heterocycles. The predicted molar refractivity (Wildman–Crippen MR) is 76.4 cm³/mol. The third kappa shape index (κ3) is 3.75. The number of ether oxygens (including phenoxy) is 1. The molecular formula is C14H10BrF2NO3. The highest BCUT2D eigenvalue weighted by atomic mass is 79.9. The van der Waals surface area contributed by atoms with Gasteiger partial charge in [0.05, 0.1) is 10.5 Å². The molecule has 2 aromatic carbocycles. The van der Waals surface area contributed by atoms with Crippen molar-refractivity contribution in [3.63, 3.8) is 0 Å². The number of benzene rings is 2. The number of rotatable bonds is 5. The molecule has 0 radical (unpaired) electrons. The van der Waals surface area contributed by atoms with Gasteiger partial charge in [-0.25, -0.2) is 8.78 Å². The lowest BCUT2D eigenvalue weighted by molar-refractivity contribution is -0.385. The number of hydrogen-bond acceptors (Lipinski definition) is 3. The molecule has 0 bridgehead atoms. The summed E-state index contributed by atoms with van der Waals surface area (Å²) in [6.07, 6.45) is 0. The van der Waals surface area contributed by atoms with E-state index in [1.165, 1.54) is 18.2 Å². The maximum Gasteiger partial charge on any atom is 0.276 e. The van der Waals surface area contributed by atoms with E-state index in [-0.39, 0.29) is 17.9 Å². The van der Waals surface area contributed by atoms with E-state index in [1.54, 1.807) is 0 Å². The Morgan fingerprint density at radius 3 is 2.33 bits per heavy atom. The molecule has 0 saturated carbocycles. The second kappa shape index (κ2) is 6.62. The van der Waals surface area contributed by atoms with Crippen molar-refractivity contribution in [2.24, 2.45) is 0 Å². The molecule has 0 fully saturated rings. The number of nitro groups is 1. The molecule has 4 nitrogen and oxygen atoms in total. The van der Waals surface area contributed by atoms with E-state index in [9.17, 15) is 18.9 Å². The predicted octanol–water partition coefficient (Wildman–Crippen LogP) is 4.35. The maximum absolute atomic E-state index is 13.2. The van der Waals surface area contributed by atoms with Crippen molar-refractivity contribution in [3.8, 4) is 5.75 Å². The monoisotopic (exact) mass is 357 g/mol. The Balaban J connectivity index is 2.24. The number of nitro benzene ring substituents is 1. The molecule has 0 spiro atoms. The highest BCUT2D eigenvalue weighted by Gasteiger charge is 2.15. The van der Waals surface area contributed by atoms with Gasteiger partial charge >= 0.3 is 0 Å². The summed E-state index contributed by atoms with van der Waals surface area (Å²) in [4.78, 5) is 10.3. The number of nitrogens with zero attached hydrogens (tertiary/aromatic N) is 1. The third-order valence-electron chi connectivity index (χ3n) is 2.79.